The molecule has 0 radical (unpaired) electrons. The lowest BCUT2D eigenvalue weighted by atomic mass is 9.78. The monoisotopic (exact) mass is 262 g/mol. The van der Waals surface area contributed by atoms with Gasteiger partial charge in [0.2, 0.25) is 0 Å². The largest absolute Gasteiger partial charge is 0.207 e. The zero-order chi connectivity index (χ0) is 12.2. The smallest absolute Gasteiger partial charge is 0.126 e. The van der Waals surface area contributed by atoms with Gasteiger partial charge in [0.1, 0.15) is 5.82 Å². The van der Waals surface area contributed by atoms with Gasteiger partial charge in [-0.25, -0.2) is 4.39 Å². The van der Waals surface area contributed by atoms with Gasteiger partial charge >= 0.3 is 0 Å². The quantitative estimate of drug-likeness (QED) is 0.651. The van der Waals surface area contributed by atoms with Crippen LogP contribution in [0.15, 0.2) is 18.2 Å². The topological polar surface area (TPSA) is 0 Å². The Labute approximate surface area is 107 Å². The van der Waals surface area contributed by atoms with E-state index in [1.54, 1.807) is 12.1 Å². The van der Waals surface area contributed by atoms with Crippen molar-refractivity contribution in [3.05, 3.63) is 34.6 Å². The third-order valence-electron chi connectivity index (χ3n) is 3.36. The number of alkyl halides is 1. The highest BCUT2D eigenvalue weighted by Gasteiger charge is 2.26. The summed E-state index contributed by atoms with van der Waals surface area (Å²) in [6.07, 6.45) is 2.54. The maximum Gasteiger partial charge on any atom is 0.126 e. The maximum atomic E-state index is 13.6. The van der Waals surface area contributed by atoms with Crippen molar-refractivity contribution in [2.24, 2.45) is 5.41 Å². The molecule has 0 nitrogen and oxygen atoms in total. The molecule has 0 aliphatic carbocycles. The van der Waals surface area contributed by atoms with Crippen molar-refractivity contribution in [2.45, 2.75) is 33.1 Å². The van der Waals surface area contributed by atoms with E-state index in [0.29, 0.717) is 22.9 Å². The van der Waals surface area contributed by atoms with E-state index in [0.717, 1.165) is 12.8 Å². The van der Waals surface area contributed by atoms with Crippen molar-refractivity contribution in [2.75, 3.05) is 5.88 Å². The first-order valence-electron chi connectivity index (χ1n) is 5.57. The fraction of sp³-hybridized carbons (Fsp3) is 0.538. The molecule has 0 aliphatic heterocycles. The Kier molecular flexibility index (Phi) is 5.07. The van der Waals surface area contributed by atoms with Gasteiger partial charge in [0.15, 0.2) is 0 Å². The van der Waals surface area contributed by atoms with Gasteiger partial charge in [0.05, 0.1) is 0 Å². The van der Waals surface area contributed by atoms with E-state index in [9.17, 15) is 4.39 Å². The van der Waals surface area contributed by atoms with Gasteiger partial charge < -0.3 is 0 Å². The Morgan fingerprint density at radius 2 is 1.88 bits per heavy atom. The Morgan fingerprint density at radius 1 is 1.25 bits per heavy atom. The number of hydrogen-bond donors (Lipinski definition) is 0. The van der Waals surface area contributed by atoms with Crippen LogP contribution in [-0.2, 0) is 6.42 Å². The van der Waals surface area contributed by atoms with E-state index in [4.69, 9.17) is 23.2 Å². The second-order valence-electron chi connectivity index (χ2n) is 4.25. The van der Waals surface area contributed by atoms with Crippen LogP contribution in [0.2, 0.25) is 5.02 Å². The van der Waals surface area contributed by atoms with E-state index < -0.39 is 0 Å². The molecule has 0 unspecified atom stereocenters. The maximum absolute atomic E-state index is 13.6. The van der Waals surface area contributed by atoms with Crippen LogP contribution < -0.4 is 0 Å². The number of halogens is 3. The van der Waals surface area contributed by atoms with Gasteiger partial charge in [-0.05, 0) is 48.4 Å². The van der Waals surface area contributed by atoms with Crippen LogP contribution in [0.5, 0.6) is 0 Å². The van der Waals surface area contributed by atoms with Crippen LogP contribution in [0, 0.1) is 11.2 Å². The second kappa shape index (κ2) is 5.88. The summed E-state index contributed by atoms with van der Waals surface area (Å²) in [5.41, 5.74) is 0.643. The molecule has 0 heterocycles. The third-order valence-corrected chi connectivity index (χ3v) is 4.16. The summed E-state index contributed by atoms with van der Waals surface area (Å²) >= 11 is 11.9. The molecule has 0 amide bonds. The minimum Gasteiger partial charge on any atom is -0.207 e. The molecule has 0 saturated heterocycles. The highest BCUT2D eigenvalue weighted by atomic mass is 35.5. The van der Waals surface area contributed by atoms with E-state index in [-0.39, 0.29) is 11.2 Å². The number of benzene rings is 1. The molecule has 0 spiro atoms. The van der Waals surface area contributed by atoms with Gasteiger partial charge in [0.25, 0.3) is 0 Å². The summed E-state index contributed by atoms with van der Waals surface area (Å²) in [5, 5.41) is 0.576. The summed E-state index contributed by atoms with van der Waals surface area (Å²) in [4.78, 5) is 0. The first-order chi connectivity index (χ1) is 7.56. The van der Waals surface area contributed by atoms with Crippen LogP contribution in [0.3, 0.4) is 0 Å². The average molecular weight is 263 g/mol. The van der Waals surface area contributed by atoms with Crippen molar-refractivity contribution in [3.63, 3.8) is 0 Å². The van der Waals surface area contributed by atoms with Crippen LogP contribution in [0.1, 0.15) is 32.3 Å². The van der Waals surface area contributed by atoms with Crippen LogP contribution >= 0.6 is 23.2 Å². The molecule has 0 aliphatic rings. The van der Waals surface area contributed by atoms with Crippen molar-refractivity contribution in [1.29, 1.82) is 0 Å². The fourth-order valence-corrected chi connectivity index (χ4v) is 2.49. The molecule has 1 aromatic carbocycles. The van der Waals surface area contributed by atoms with E-state index >= 15 is 0 Å². The predicted octanol–water partition coefficient (Wildman–Crippen LogP) is 5.07. The van der Waals surface area contributed by atoms with Crippen LogP contribution in [0.4, 0.5) is 4.39 Å². The molecule has 1 rings (SSSR count). The minimum absolute atomic E-state index is 0.0208. The summed E-state index contributed by atoms with van der Waals surface area (Å²) in [6, 6.07) is 4.69. The predicted molar refractivity (Wildman–Crippen MR) is 68.8 cm³/mol. The van der Waals surface area contributed by atoms with Crippen LogP contribution in [-0.4, -0.2) is 5.88 Å². The standard InChI is InChI=1S/C13H17Cl2F/c1-3-13(4-2,9-14)8-10-7-11(15)5-6-12(10)16/h5-7H,3-4,8-9H2,1-2H3. The van der Waals surface area contributed by atoms with Crippen LogP contribution in [0.25, 0.3) is 0 Å². The highest BCUT2D eigenvalue weighted by molar-refractivity contribution is 6.30. The lowest BCUT2D eigenvalue weighted by molar-refractivity contribution is 0.298. The molecule has 0 N–H and O–H groups in total. The average Bonchev–Trinajstić information content (AvgIpc) is 2.31. The van der Waals surface area contributed by atoms with Gasteiger partial charge in [0, 0.05) is 10.9 Å². The molecule has 3 heteroatoms. The molecule has 0 bridgehead atoms. The Bertz CT molecular complexity index is 338. The molecule has 16 heavy (non-hydrogen) atoms. The highest BCUT2D eigenvalue weighted by Crippen LogP contribution is 2.33. The molecule has 0 fully saturated rings. The first kappa shape index (κ1) is 13.8. The lowest BCUT2D eigenvalue weighted by Gasteiger charge is -2.29. The Hall–Kier alpha value is -0.270. The van der Waals surface area contributed by atoms with Gasteiger partial charge in [-0.1, -0.05) is 25.4 Å². The van der Waals surface area contributed by atoms with Crippen molar-refractivity contribution >= 4 is 23.2 Å². The summed E-state index contributed by atoms with van der Waals surface area (Å²) in [7, 11) is 0. The molecule has 0 saturated carbocycles. The van der Waals surface area contributed by atoms with E-state index in [1.165, 1.54) is 6.07 Å². The summed E-state index contributed by atoms with van der Waals surface area (Å²) in [6.45, 7) is 4.18. The third kappa shape index (κ3) is 3.11. The lowest BCUT2D eigenvalue weighted by Crippen LogP contribution is -2.24. The summed E-state index contributed by atoms with van der Waals surface area (Å²) in [5.74, 6) is 0.354. The Balaban J connectivity index is 2.97. The minimum atomic E-state index is -0.194. The van der Waals surface area contributed by atoms with Gasteiger partial charge in [-0.2, -0.15) is 0 Å². The zero-order valence-electron chi connectivity index (χ0n) is 9.69. The van der Waals surface area contributed by atoms with E-state index in [1.807, 2.05) is 0 Å². The molecule has 0 atom stereocenters. The molecule has 1 aromatic rings. The van der Waals surface area contributed by atoms with Crippen molar-refractivity contribution < 1.29 is 4.39 Å². The fourth-order valence-electron chi connectivity index (χ4n) is 1.82. The number of hydrogen-bond acceptors (Lipinski definition) is 0. The molecular formula is C13H17Cl2F. The molecule has 90 valence electrons. The zero-order valence-corrected chi connectivity index (χ0v) is 11.2. The molecular weight excluding hydrogens is 246 g/mol. The van der Waals surface area contributed by atoms with Crippen molar-refractivity contribution in [1.82, 2.24) is 0 Å². The normalized spacial score (nSPS) is 11.8. The summed E-state index contributed by atoms with van der Waals surface area (Å²) < 4.78 is 13.6. The Morgan fingerprint density at radius 3 is 2.38 bits per heavy atom. The number of rotatable bonds is 5. The van der Waals surface area contributed by atoms with E-state index in [2.05, 4.69) is 13.8 Å². The SMILES string of the molecule is CCC(CC)(CCl)Cc1cc(Cl)ccc1F. The van der Waals surface area contributed by atoms with Gasteiger partial charge in [-0.15, -0.1) is 11.6 Å². The second-order valence-corrected chi connectivity index (χ2v) is 4.96. The molecule has 0 aromatic heterocycles. The van der Waals surface area contributed by atoms with Crippen molar-refractivity contribution in [3.8, 4) is 0 Å². The van der Waals surface area contributed by atoms with Gasteiger partial charge in [-0.3, -0.25) is 0 Å². The first-order valence-corrected chi connectivity index (χ1v) is 6.48.